The molecular weight excluding hydrogens is 327 g/mol. The molecule has 1 aromatic rings. The molecule has 0 N–H and O–H groups in total. The van der Waals surface area contributed by atoms with E-state index in [9.17, 15) is 0 Å². The van der Waals surface area contributed by atoms with Crippen molar-refractivity contribution in [2.24, 2.45) is 5.92 Å². The van der Waals surface area contributed by atoms with Gasteiger partial charge >= 0.3 is 0 Å². The van der Waals surface area contributed by atoms with E-state index in [0.29, 0.717) is 0 Å². The van der Waals surface area contributed by atoms with Crippen molar-refractivity contribution in [3.63, 3.8) is 0 Å². The summed E-state index contributed by atoms with van der Waals surface area (Å²) in [4.78, 5) is 1.08. The highest BCUT2D eigenvalue weighted by atomic mass is 79.9. The van der Waals surface area contributed by atoms with E-state index in [1.165, 1.54) is 12.8 Å². The fourth-order valence-electron chi connectivity index (χ4n) is 1.29. The van der Waals surface area contributed by atoms with Gasteiger partial charge in [-0.1, -0.05) is 46.1 Å². The van der Waals surface area contributed by atoms with Crippen LogP contribution in [-0.2, 0) is 0 Å². The molecule has 1 aromatic carbocycles. The zero-order valence-electron chi connectivity index (χ0n) is 9.18. The van der Waals surface area contributed by atoms with E-state index in [1.807, 2.05) is 18.2 Å². The molecule has 16 heavy (non-hydrogen) atoms. The van der Waals surface area contributed by atoms with Gasteiger partial charge in [-0.15, -0.1) is 11.8 Å². The molecule has 4 heteroatoms. The number of hydrogen-bond acceptors (Lipinski definition) is 1. The molecule has 0 aliphatic carbocycles. The van der Waals surface area contributed by atoms with E-state index >= 15 is 0 Å². The lowest BCUT2D eigenvalue weighted by molar-refractivity contribution is 0.555. The quantitative estimate of drug-likeness (QED) is 0.458. The second-order valence-electron chi connectivity index (χ2n) is 3.79. The minimum atomic E-state index is 0.750. The topological polar surface area (TPSA) is 0 Å². The standard InChI is InChI=1S/C12H15BrCl2S/c1-9(4-6-13)5-7-16-12-8-10(14)2-3-11(12)15/h2-3,8-9H,4-7H2,1H3. The van der Waals surface area contributed by atoms with Gasteiger partial charge in [-0.3, -0.25) is 0 Å². The minimum Gasteiger partial charge on any atom is -0.125 e. The van der Waals surface area contributed by atoms with E-state index < -0.39 is 0 Å². The molecule has 0 amide bonds. The van der Waals surface area contributed by atoms with Crippen LogP contribution in [0.3, 0.4) is 0 Å². The van der Waals surface area contributed by atoms with E-state index in [2.05, 4.69) is 22.9 Å². The van der Waals surface area contributed by atoms with Gasteiger partial charge in [0.1, 0.15) is 0 Å². The van der Waals surface area contributed by atoms with Crippen LogP contribution in [0.15, 0.2) is 23.1 Å². The van der Waals surface area contributed by atoms with Crippen LogP contribution >= 0.6 is 50.9 Å². The molecular formula is C12H15BrCl2S. The Labute approximate surface area is 120 Å². The fraction of sp³-hybridized carbons (Fsp3) is 0.500. The second-order valence-corrected chi connectivity index (χ2v) is 6.57. The highest BCUT2D eigenvalue weighted by Crippen LogP contribution is 2.31. The number of thioether (sulfide) groups is 1. The maximum absolute atomic E-state index is 6.09. The molecule has 90 valence electrons. The average molecular weight is 342 g/mol. The predicted octanol–water partition coefficient (Wildman–Crippen LogP) is 5.90. The first-order valence-electron chi connectivity index (χ1n) is 5.27. The number of rotatable bonds is 6. The summed E-state index contributed by atoms with van der Waals surface area (Å²) in [5.41, 5.74) is 0. The maximum atomic E-state index is 6.09. The molecule has 0 aromatic heterocycles. The molecule has 0 heterocycles. The number of alkyl halides is 1. The summed E-state index contributed by atoms with van der Waals surface area (Å²) in [6.45, 7) is 2.28. The van der Waals surface area contributed by atoms with Gasteiger partial charge < -0.3 is 0 Å². The van der Waals surface area contributed by atoms with Crippen molar-refractivity contribution in [1.82, 2.24) is 0 Å². The summed E-state index contributed by atoms with van der Waals surface area (Å²) >= 11 is 17.3. The molecule has 0 saturated carbocycles. The minimum absolute atomic E-state index is 0.750. The number of benzene rings is 1. The highest BCUT2D eigenvalue weighted by Gasteiger charge is 2.05. The van der Waals surface area contributed by atoms with Gasteiger partial charge in [0, 0.05) is 15.2 Å². The Kier molecular flexibility index (Phi) is 7.22. The lowest BCUT2D eigenvalue weighted by Crippen LogP contribution is -1.97. The van der Waals surface area contributed by atoms with E-state index in [-0.39, 0.29) is 0 Å². The van der Waals surface area contributed by atoms with Crippen LogP contribution in [-0.4, -0.2) is 11.1 Å². The van der Waals surface area contributed by atoms with Gasteiger partial charge in [0.05, 0.1) is 5.02 Å². The zero-order valence-corrected chi connectivity index (χ0v) is 13.1. The Morgan fingerprint density at radius 1 is 1.31 bits per heavy atom. The number of hydrogen-bond donors (Lipinski definition) is 0. The van der Waals surface area contributed by atoms with Gasteiger partial charge in [0.25, 0.3) is 0 Å². The van der Waals surface area contributed by atoms with Gasteiger partial charge in [-0.25, -0.2) is 0 Å². The predicted molar refractivity (Wildman–Crippen MR) is 79.4 cm³/mol. The molecule has 0 aliphatic heterocycles. The smallest absolute Gasteiger partial charge is 0.0542 e. The van der Waals surface area contributed by atoms with Crippen molar-refractivity contribution in [2.75, 3.05) is 11.1 Å². The summed E-state index contributed by atoms with van der Waals surface area (Å²) in [6, 6.07) is 5.61. The van der Waals surface area contributed by atoms with E-state index in [4.69, 9.17) is 23.2 Å². The monoisotopic (exact) mass is 340 g/mol. The molecule has 1 unspecified atom stereocenters. The van der Waals surface area contributed by atoms with Crippen molar-refractivity contribution in [3.05, 3.63) is 28.2 Å². The molecule has 0 aliphatic rings. The van der Waals surface area contributed by atoms with Crippen LogP contribution in [0.5, 0.6) is 0 Å². The van der Waals surface area contributed by atoms with Gasteiger partial charge in [-0.2, -0.15) is 0 Å². The van der Waals surface area contributed by atoms with E-state index in [0.717, 1.165) is 31.9 Å². The summed E-state index contributed by atoms with van der Waals surface area (Å²) in [5, 5.41) is 2.62. The first-order chi connectivity index (χ1) is 7.63. The number of halogens is 3. The Hall–Kier alpha value is 0.630. The summed E-state index contributed by atoms with van der Waals surface area (Å²) in [6.07, 6.45) is 2.43. The van der Waals surface area contributed by atoms with Crippen molar-refractivity contribution >= 4 is 50.9 Å². The molecule has 0 radical (unpaired) electrons. The van der Waals surface area contributed by atoms with Crippen molar-refractivity contribution in [2.45, 2.75) is 24.7 Å². The van der Waals surface area contributed by atoms with Gasteiger partial charge in [-0.05, 0) is 42.7 Å². The maximum Gasteiger partial charge on any atom is 0.0542 e. The van der Waals surface area contributed by atoms with Crippen LogP contribution in [0, 0.1) is 5.92 Å². The highest BCUT2D eigenvalue weighted by molar-refractivity contribution is 9.09. The Morgan fingerprint density at radius 2 is 2.06 bits per heavy atom. The van der Waals surface area contributed by atoms with Crippen molar-refractivity contribution in [1.29, 1.82) is 0 Å². The molecule has 1 atom stereocenters. The average Bonchev–Trinajstić information content (AvgIpc) is 2.23. The van der Waals surface area contributed by atoms with Gasteiger partial charge in [0.2, 0.25) is 0 Å². The molecule has 0 spiro atoms. The van der Waals surface area contributed by atoms with E-state index in [1.54, 1.807) is 11.8 Å². The molecule has 0 fully saturated rings. The third kappa shape index (κ3) is 5.31. The van der Waals surface area contributed by atoms with Crippen LogP contribution in [0.2, 0.25) is 10.0 Å². The van der Waals surface area contributed by atoms with Crippen LogP contribution in [0.4, 0.5) is 0 Å². The second kappa shape index (κ2) is 7.86. The molecule has 0 bridgehead atoms. The van der Waals surface area contributed by atoms with Crippen molar-refractivity contribution in [3.8, 4) is 0 Å². The largest absolute Gasteiger partial charge is 0.125 e. The van der Waals surface area contributed by atoms with Crippen LogP contribution in [0.25, 0.3) is 0 Å². The van der Waals surface area contributed by atoms with Crippen LogP contribution in [0.1, 0.15) is 19.8 Å². The lowest BCUT2D eigenvalue weighted by Gasteiger charge is -2.09. The SMILES string of the molecule is CC(CCBr)CCSc1cc(Cl)ccc1Cl. The van der Waals surface area contributed by atoms with Gasteiger partial charge in [0.15, 0.2) is 0 Å². The normalized spacial score (nSPS) is 12.8. The lowest BCUT2D eigenvalue weighted by atomic mass is 10.1. The summed E-state index contributed by atoms with van der Waals surface area (Å²) in [5.74, 6) is 1.85. The first kappa shape index (κ1) is 14.7. The van der Waals surface area contributed by atoms with Crippen molar-refractivity contribution < 1.29 is 0 Å². The Bertz CT molecular complexity index is 331. The zero-order chi connectivity index (χ0) is 12.0. The third-order valence-corrected chi connectivity index (χ3v) is 4.59. The third-order valence-electron chi connectivity index (χ3n) is 2.36. The summed E-state index contributed by atoms with van der Waals surface area (Å²) < 4.78 is 0. The molecule has 0 nitrogen and oxygen atoms in total. The first-order valence-corrected chi connectivity index (χ1v) is 8.13. The Morgan fingerprint density at radius 3 is 2.75 bits per heavy atom. The van der Waals surface area contributed by atoms with Crippen LogP contribution < -0.4 is 0 Å². The Balaban J connectivity index is 2.39. The molecule has 1 rings (SSSR count). The molecule has 0 saturated heterocycles. The fourth-order valence-corrected chi connectivity index (χ4v) is 3.74. The summed E-state index contributed by atoms with van der Waals surface area (Å²) in [7, 11) is 0.